The van der Waals surface area contributed by atoms with Crippen LogP contribution in [0.5, 0.6) is 5.75 Å². The highest BCUT2D eigenvalue weighted by Gasteiger charge is 2.14. The molecule has 2 aromatic heterocycles. The largest absolute Gasteiger partial charge is 0.434 e. The van der Waals surface area contributed by atoms with Crippen molar-refractivity contribution in [3.8, 4) is 17.0 Å². The van der Waals surface area contributed by atoms with E-state index < -0.39 is 6.61 Å². The summed E-state index contributed by atoms with van der Waals surface area (Å²) in [5.41, 5.74) is 1.82. The topological polar surface area (TPSA) is 26.5 Å². The molecular weight excluding hydrogens is 330 g/mol. The van der Waals surface area contributed by atoms with Crippen LogP contribution < -0.4 is 4.74 Å². The second kappa shape index (κ2) is 5.20. The van der Waals surface area contributed by atoms with E-state index in [2.05, 4.69) is 25.7 Å². The number of hydrogen-bond donors (Lipinski definition) is 0. The molecule has 0 N–H and O–H groups in total. The van der Waals surface area contributed by atoms with Crippen LogP contribution in [-0.4, -0.2) is 16.0 Å². The fraction of sp³-hybridized carbons (Fsp3) is 0.0714. The first-order valence-electron chi connectivity index (χ1n) is 5.82. The van der Waals surface area contributed by atoms with Gasteiger partial charge in [-0.25, -0.2) is 4.98 Å². The zero-order valence-electron chi connectivity index (χ0n) is 10.1. The molecule has 2 heterocycles. The Morgan fingerprint density at radius 2 is 1.95 bits per heavy atom. The average molecular weight is 339 g/mol. The minimum absolute atomic E-state index is 0.113. The van der Waals surface area contributed by atoms with Crippen molar-refractivity contribution >= 4 is 21.6 Å². The number of rotatable bonds is 3. The molecule has 0 saturated carbocycles. The van der Waals surface area contributed by atoms with Gasteiger partial charge in [-0.1, -0.05) is 12.1 Å². The Kier molecular flexibility index (Phi) is 3.40. The molecule has 3 aromatic rings. The maximum absolute atomic E-state index is 12.4. The van der Waals surface area contributed by atoms with Crippen molar-refractivity contribution in [2.45, 2.75) is 6.61 Å². The van der Waals surface area contributed by atoms with Gasteiger partial charge in [0.25, 0.3) is 0 Å². The number of nitrogens with zero attached hydrogens (tertiary/aromatic N) is 2. The Hall–Kier alpha value is -1.95. The molecule has 0 saturated heterocycles. The fourth-order valence-electron chi connectivity index (χ4n) is 1.99. The lowest BCUT2D eigenvalue weighted by molar-refractivity contribution is -0.0494. The standard InChI is InChI=1S/C14H9BrF2N2O/c15-10-5-3-7-19-8-11(18-13(10)19)9-4-1-2-6-12(9)20-14(16)17/h1-8,14H. The van der Waals surface area contributed by atoms with Crippen LogP contribution in [0.15, 0.2) is 53.3 Å². The number of aromatic nitrogens is 2. The van der Waals surface area contributed by atoms with Crippen LogP contribution in [0.2, 0.25) is 0 Å². The summed E-state index contributed by atoms with van der Waals surface area (Å²) in [6.07, 6.45) is 3.61. The molecule has 0 radical (unpaired) electrons. The Balaban J connectivity index is 2.13. The van der Waals surface area contributed by atoms with Crippen molar-refractivity contribution in [3.05, 3.63) is 53.3 Å². The third kappa shape index (κ3) is 2.38. The number of halogens is 3. The number of imidazole rings is 1. The van der Waals surface area contributed by atoms with Crippen LogP contribution in [-0.2, 0) is 0 Å². The molecule has 0 aliphatic heterocycles. The lowest BCUT2D eigenvalue weighted by atomic mass is 10.1. The predicted molar refractivity (Wildman–Crippen MR) is 75.0 cm³/mol. The van der Waals surface area contributed by atoms with Crippen molar-refractivity contribution in [3.63, 3.8) is 0 Å². The maximum atomic E-state index is 12.4. The molecule has 3 nitrogen and oxygen atoms in total. The molecular formula is C14H9BrF2N2O. The second-order valence-electron chi connectivity index (χ2n) is 4.09. The second-order valence-corrected chi connectivity index (χ2v) is 4.94. The number of pyridine rings is 1. The molecule has 0 aliphatic carbocycles. The van der Waals surface area contributed by atoms with E-state index in [1.807, 2.05) is 22.7 Å². The Bertz CT molecular complexity index is 758. The van der Waals surface area contributed by atoms with Gasteiger partial charge in [0.2, 0.25) is 0 Å². The third-order valence-corrected chi connectivity index (χ3v) is 3.43. The Morgan fingerprint density at radius 1 is 1.15 bits per heavy atom. The van der Waals surface area contributed by atoms with E-state index in [1.54, 1.807) is 24.4 Å². The maximum Gasteiger partial charge on any atom is 0.387 e. The van der Waals surface area contributed by atoms with Crippen LogP contribution in [0.3, 0.4) is 0 Å². The molecule has 0 amide bonds. The summed E-state index contributed by atoms with van der Waals surface area (Å²) in [5.74, 6) is 0.113. The molecule has 0 aliphatic rings. The molecule has 0 bridgehead atoms. The quantitative estimate of drug-likeness (QED) is 0.709. The number of para-hydroxylation sites is 1. The summed E-state index contributed by atoms with van der Waals surface area (Å²) in [4.78, 5) is 4.44. The van der Waals surface area contributed by atoms with Crippen molar-refractivity contribution in [2.24, 2.45) is 0 Å². The van der Waals surface area contributed by atoms with Gasteiger partial charge in [0.15, 0.2) is 5.65 Å². The first kappa shape index (κ1) is 13.1. The van der Waals surface area contributed by atoms with E-state index in [0.717, 1.165) is 4.47 Å². The minimum Gasteiger partial charge on any atom is -0.434 e. The van der Waals surface area contributed by atoms with Crippen molar-refractivity contribution < 1.29 is 13.5 Å². The molecule has 1 aromatic carbocycles. The first-order chi connectivity index (χ1) is 9.65. The Morgan fingerprint density at radius 3 is 2.70 bits per heavy atom. The minimum atomic E-state index is -2.86. The normalized spacial score (nSPS) is 11.2. The van der Waals surface area contributed by atoms with Crippen LogP contribution in [0.4, 0.5) is 8.78 Å². The molecule has 0 atom stereocenters. The summed E-state index contributed by atoms with van der Waals surface area (Å²) in [5, 5.41) is 0. The summed E-state index contributed by atoms with van der Waals surface area (Å²) in [6.45, 7) is -2.86. The van der Waals surface area contributed by atoms with Gasteiger partial charge in [-0.05, 0) is 40.2 Å². The van der Waals surface area contributed by atoms with Gasteiger partial charge < -0.3 is 9.14 Å². The van der Waals surface area contributed by atoms with Crippen LogP contribution in [0.1, 0.15) is 0 Å². The van der Waals surface area contributed by atoms with Crippen molar-refractivity contribution in [1.82, 2.24) is 9.38 Å². The SMILES string of the molecule is FC(F)Oc1ccccc1-c1cn2cccc(Br)c2n1. The smallest absolute Gasteiger partial charge is 0.387 e. The molecule has 20 heavy (non-hydrogen) atoms. The molecule has 0 unspecified atom stereocenters. The van der Waals surface area contributed by atoms with Crippen molar-refractivity contribution in [2.75, 3.05) is 0 Å². The first-order valence-corrected chi connectivity index (χ1v) is 6.62. The highest BCUT2D eigenvalue weighted by atomic mass is 79.9. The van der Waals surface area contributed by atoms with Crippen LogP contribution in [0, 0.1) is 0 Å². The van der Waals surface area contributed by atoms with E-state index >= 15 is 0 Å². The monoisotopic (exact) mass is 338 g/mol. The van der Waals surface area contributed by atoms with E-state index in [9.17, 15) is 8.78 Å². The number of alkyl halides is 2. The summed E-state index contributed by atoms with van der Waals surface area (Å²) in [6, 6.07) is 10.3. The van der Waals surface area contributed by atoms with E-state index in [4.69, 9.17) is 0 Å². The van der Waals surface area contributed by atoms with E-state index in [-0.39, 0.29) is 5.75 Å². The van der Waals surface area contributed by atoms with Crippen LogP contribution >= 0.6 is 15.9 Å². The molecule has 3 rings (SSSR count). The van der Waals surface area contributed by atoms with Crippen LogP contribution in [0.25, 0.3) is 16.9 Å². The van der Waals surface area contributed by atoms with E-state index in [1.165, 1.54) is 6.07 Å². The summed E-state index contributed by atoms with van der Waals surface area (Å²) in [7, 11) is 0. The highest BCUT2D eigenvalue weighted by Crippen LogP contribution is 2.31. The third-order valence-electron chi connectivity index (χ3n) is 2.81. The summed E-state index contributed by atoms with van der Waals surface area (Å²) < 4.78 is 32.0. The number of benzene rings is 1. The highest BCUT2D eigenvalue weighted by molar-refractivity contribution is 9.10. The fourth-order valence-corrected chi connectivity index (χ4v) is 2.43. The number of hydrogen-bond acceptors (Lipinski definition) is 2. The molecule has 0 spiro atoms. The van der Waals surface area contributed by atoms with Gasteiger partial charge in [-0.15, -0.1) is 0 Å². The molecule has 0 fully saturated rings. The van der Waals surface area contributed by atoms with Gasteiger partial charge in [0.05, 0.1) is 10.2 Å². The zero-order valence-corrected chi connectivity index (χ0v) is 11.7. The van der Waals surface area contributed by atoms with Gasteiger partial charge in [0, 0.05) is 18.0 Å². The van der Waals surface area contributed by atoms with Crippen molar-refractivity contribution in [1.29, 1.82) is 0 Å². The predicted octanol–water partition coefficient (Wildman–Crippen LogP) is 4.37. The Labute approximate surface area is 122 Å². The van der Waals surface area contributed by atoms with E-state index in [0.29, 0.717) is 16.9 Å². The number of ether oxygens (including phenoxy) is 1. The van der Waals surface area contributed by atoms with Gasteiger partial charge >= 0.3 is 6.61 Å². The van der Waals surface area contributed by atoms with Gasteiger partial charge in [-0.3, -0.25) is 0 Å². The number of fused-ring (bicyclic) bond motifs is 1. The lowest BCUT2D eigenvalue weighted by Crippen LogP contribution is -2.03. The molecule has 102 valence electrons. The van der Waals surface area contributed by atoms with Gasteiger partial charge in [0.1, 0.15) is 5.75 Å². The average Bonchev–Trinajstić information content (AvgIpc) is 2.84. The lowest BCUT2D eigenvalue weighted by Gasteiger charge is -2.08. The molecule has 6 heteroatoms. The summed E-state index contributed by atoms with van der Waals surface area (Å²) >= 11 is 3.41. The van der Waals surface area contributed by atoms with Gasteiger partial charge in [-0.2, -0.15) is 8.78 Å². The zero-order chi connectivity index (χ0) is 14.1.